The number of anilines is 2. The molecule has 2 heterocycles. The van der Waals surface area contributed by atoms with Gasteiger partial charge in [0.2, 0.25) is 15.9 Å². The predicted molar refractivity (Wildman–Crippen MR) is 126 cm³/mol. The zero-order valence-corrected chi connectivity index (χ0v) is 20.1. The molecule has 2 aliphatic heterocycles. The minimum atomic E-state index is -3.97. The summed E-state index contributed by atoms with van der Waals surface area (Å²) < 4.78 is 34.4. The average Bonchev–Trinajstić information content (AvgIpc) is 3.26. The van der Waals surface area contributed by atoms with Gasteiger partial charge in [-0.1, -0.05) is 12.1 Å². The summed E-state index contributed by atoms with van der Waals surface area (Å²) in [5.74, 6) is -0.196. The van der Waals surface area contributed by atoms with Crippen LogP contribution in [0.1, 0.15) is 37.8 Å². The summed E-state index contributed by atoms with van der Waals surface area (Å²) in [5.41, 5.74) is 2.71. The van der Waals surface area contributed by atoms with Crippen molar-refractivity contribution in [2.24, 2.45) is 0 Å². The molecule has 1 fully saturated rings. The van der Waals surface area contributed by atoms with Crippen LogP contribution in [0.2, 0.25) is 0 Å². The summed E-state index contributed by atoms with van der Waals surface area (Å²) in [4.78, 5) is 27.2. The van der Waals surface area contributed by atoms with Gasteiger partial charge >= 0.3 is 0 Å². The molecule has 176 valence electrons. The number of fused-ring (bicyclic) bond motifs is 1. The van der Waals surface area contributed by atoms with Crippen molar-refractivity contribution in [2.75, 3.05) is 23.3 Å². The molecule has 2 amide bonds. The second kappa shape index (κ2) is 8.79. The maximum atomic E-state index is 13.7. The number of ether oxygens (including phenoxy) is 1. The van der Waals surface area contributed by atoms with Crippen LogP contribution < -0.4 is 15.0 Å². The summed E-state index contributed by atoms with van der Waals surface area (Å²) in [5, 5.41) is 2.74. The first-order chi connectivity index (χ1) is 15.6. The molecule has 2 aliphatic rings. The molecule has 8 nitrogen and oxygen atoms in total. The summed E-state index contributed by atoms with van der Waals surface area (Å²) in [6.07, 6.45) is 0.354. The monoisotopic (exact) mass is 471 g/mol. The third-order valence-electron chi connectivity index (χ3n) is 6.18. The van der Waals surface area contributed by atoms with E-state index in [1.54, 1.807) is 24.8 Å². The van der Waals surface area contributed by atoms with Crippen molar-refractivity contribution in [3.63, 3.8) is 0 Å². The Labute approximate surface area is 194 Å². The molecule has 2 aromatic rings. The molecule has 9 heteroatoms. The lowest BCUT2D eigenvalue weighted by atomic mass is 10.1. The average molecular weight is 472 g/mol. The molecule has 1 N–H and O–H groups in total. The van der Waals surface area contributed by atoms with E-state index >= 15 is 0 Å². The third kappa shape index (κ3) is 4.22. The molecular formula is C24H29N3O5S. The van der Waals surface area contributed by atoms with Gasteiger partial charge in [0.25, 0.3) is 5.91 Å². The molecular weight excluding hydrogens is 442 g/mol. The number of amides is 2. The van der Waals surface area contributed by atoms with Gasteiger partial charge in [-0.05, 0) is 69.9 Å². The lowest BCUT2D eigenvalue weighted by molar-refractivity contribution is -0.123. The van der Waals surface area contributed by atoms with Gasteiger partial charge in [0.1, 0.15) is 11.8 Å². The molecule has 0 aliphatic carbocycles. The summed E-state index contributed by atoms with van der Waals surface area (Å²) in [6, 6.07) is 9.92. The highest BCUT2D eigenvalue weighted by molar-refractivity contribution is 7.89. The number of benzene rings is 2. The minimum absolute atomic E-state index is 0.0860. The predicted octanol–water partition coefficient (Wildman–Crippen LogP) is 3.23. The van der Waals surface area contributed by atoms with Crippen LogP contribution in [-0.4, -0.2) is 49.8 Å². The van der Waals surface area contributed by atoms with Crippen LogP contribution >= 0.6 is 0 Å². The van der Waals surface area contributed by atoms with Gasteiger partial charge in [0.15, 0.2) is 6.10 Å². The standard InChI is InChI=1S/C24H29N3O5S/c1-5-26(18-9-6-8-15(2)12-18)24(29)20-10-7-11-27(20)33(30,31)22-14-21-19(13-16(22)3)25-23(28)17(4)32-21/h6,8-9,12-14,17,20H,5,7,10-11H2,1-4H3,(H,25,28)/t17-,20-/m1/s1. The topological polar surface area (TPSA) is 96.0 Å². The fourth-order valence-electron chi connectivity index (χ4n) is 4.46. The number of carbonyl (C=O) groups is 2. The number of aryl methyl sites for hydroxylation is 2. The molecule has 0 radical (unpaired) electrons. The molecule has 1 saturated heterocycles. The van der Waals surface area contributed by atoms with E-state index in [4.69, 9.17) is 4.74 Å². The highest BCUT2D eigenvalue weighted by Crippen LogP contribution is 2.37. The zero-order chi connectivity index (χ0) is 23.9. The highest BCUT2D eigenvalue weighted by Gasteiger charge is 2.42. The first kappa shape index (κ1) is 23.3. The van der Waals surface area contributed by atoms with Gasteiger partial charge in [-0.25, -0.2) is 8.42 Å². The van der Waals surface area contributed by atoms with Crippen molar-refractivity contribution in [1.29, 1.82) is 0 Å². The minimum Gasteiger partial charge on any atom is -0.479 e. The van der Waals surface area contributed by atoms with Crippen molar-refractivity contribution < 1.29 is 22.7 Å². The van der Waals surface area contributed by atoms with Crippen molar-refractivity contribution in [2.45, 2.75) is 57.6 Å². The van der Waals surface area contributed by atoms with Crippen LogP contribution in [0.5, 0.6) is 5.75 Å². The molecule has 0 bridgehead atoms. The van der Waals surface area contributed by atoms with Crippen LogP contribution in [0.3, 0.4) is 0 Å². The second-order valence-corrected chi connectivity index (χ2v) is 10.4. The van der Waals surface area contributed by atoms with Gasteiger partial charge in [-0.2, -0.15) is 4.31 Å². The Hall–Kier alpha value is -2.91. The molecule has 33 heavy (non-hydrogen) atoms. The van der Waals surface area contributed by atoms with Gasteiger partial charge in [0, 0.05) is 24.8 Å². The second-order valence-electron chi connectivity index (χ2n) is 8.56. The van der Waals surface area contributed by atoms with E-state index in [2.05, 4.69) is 5.32 Å². The largest absolute Gasteiger partial charge is 0.479 e. The quantitative estimate of drug-likeness (QED) is 0.722. The van der Waals surface area contributed by atoms with E-state index < -0.39 is 22.2 Å². The number of rotatable bonds is 5. The summed E-state index contributed by atoms with van der Waals surface area (Å²) >= 11 is 0. The Bertz CT molecular complexity index is 1210. The van der Waals surface area contributed by atoms with Gasteiger partial charge in [0.05, 0.1) is 10.6 Å². The third-order valence-corrected chi connectivity index (χ3v) is 8.23. The SMILES string of the molecule is CCN(C(=O)[C@H]1CCCN1S(=O)(=O)c1cc2c(cc1C)NC(=O)[C@@H](C)O2)c1cccc(C)c1. The maximum Gasteiger partial charge on any atom is 0.265 e. The van der Waals surface area contributed by atoms with Crippen LogP contribution in [-0.2, 0) is 19.6 Å². The molecule has 0 aromatic heterocycles. The Morgan fingerprint density at radius 3 is 2.70 bits per heavy atom. The Kier molecular flexibility index (Phi) is 6.20. The number of nitrogens with zero attached hydrogens (tertiary/aromatic N) is 2. The molecule has 0 saturated carbocycles. The van der Waals surface area contributed by atoms with Crippen LogP contribution in [0.15, 0.2) is 41.3 Å². The number of nitrogens with one attached hydrogen (secondary N) is 1. The normalized spacial score (nSPS) is 20.7. The van der Waals surface area contributed by atoms with E-state index in [0.717, 1.165) is 11.3 Å². The van der Waals surface area contributed by atoms with Crippen molar-refractivity contribution in [3.05, 3.63) is 47.5 Å². The Morgan fingerprint density at radius 2 is 2.00 bits per heavy atom. The molecule has 4 rings (SSSR count). The van der Waals surface area contributed by atoms with Crippen LogP contribution in [0.4, 0.5) is 11.4 Å². The smallest absolute Gasteiger partial charge is 0.265 e. The van der Waals surface area contributed by atoms with E-state index in [-0.39, 0.29) is 23.3 Å². The van der Waals surface area contributed by atoms with Crippen molar-refractivity contribution >= 4 is 33.2 Å². The Balaban J connectivity index is 1.67. The zero-order valence-electron chi connectivity index (χ0n) is 19.3. The van der Waals surface area contributed by atoms with E-state index in [1.807, 2.05) is 38.1 Å². The fourth-order valence-corrected chi connectivity index (χ4v) is 6.34. The number of hydrogen-bond acceptors (Lipinski definition) is 5. The first-order valence-corrected chi connectivity index (χ1v) is 12.6. The van der Waals surface area contributed by atoms with E-state index in [9.17, 15) is 18.0 Å². The summed E-state index contributed by atoms with van der Waals surface area (Å²) in [6.45, 7) is 7.83. The Morgan fingerprint density at radius 1 is 1.24 bits per heavy atom. The number of carbonyl (C=O) groups excluding carboxylic acids is 2. The van der Waals surface area contributed by atoms with Crippen molar-refractivity contribution in [3.8, 4) is 5.75 Å². The number of likely N-dealkylation sites (N-methyl/N-ethyl adjacent to an activating group) is 1. The van der Waals surface area contributed by atoms with Gasteiger partial charge in [-0.3, -0.25) is 9.59 Å². The summed E-state index contributed by atoms with van der Waals surface area (Å²) in [7, 11) is -3.97. The highest BCUT2D eigenvalue weighted by atomic mass is 32.2. The first-order valence-electron chi connectivity index (χ1n) is 11.2. The number of hydrogen-bond donors (Lipinski definition) is 1. The maximum absolute atomic E-state index is 13.7. The van der Waals surface area contributed by atoms with E-state index in [0.29, 0.717) is 36.4 Å². The van der Waals surface area contributed by atoms with Gasteiger partial charge < -0.3 is 15.0 Å². The van der Waals surface area contributed by atoms with Gasteiger partial charge in [-0.15, -0.1) is 0 Å². The van der Waals surface area contributed by atoms with Crippen LogP contribution in [0, 0.1) is 13.8 Å². The van der Waals surface area contributed by atoms with E-state index in [1.165, 1.54) is 10.4 Å². The number of sulfonamides is 1. The lowest BCUT2D eigenvalue weighted by Crippen LogP contribution is -2.48. The molecule has 2 aromatic carbocycles. The molecule has 0 unspecified atom stereocenters. The molecule has 2 atom stereocenters. The molecule has 0 spiro atoms. The fraction of sp³-hybridized carbons (Fsp3) is 0.417. The lowest BCUT2D eigenvalue weighted by Gasteiger charge is -2.30. The van der Waals surface area contributed by atoms with Crippen LogP contribution in [0.25, 0.3) is 0 Å². The van der Waals surface area contributed by atoms with Crippen molar-refractivity contribution in [1.82, 2.24) is 4.31 Å².